The van der Waals surface area contributed by atoms with Gasteiger partial charge in [-0.2, -0.15) is 0 Å². The molecule has 0 aromatic heterocycles. The van der Waals surface area contributed by atoms with Gasteiger partial charge in [0.2, 0.25) is 0 Å². The third-order valence-corrected chi connectivity index (χ3v) is 2.95. The number of hydrogen-bond acceptors (Lipinski definition) is 1. The second kappa shape index (κ2) is 4.18. The number of benzene rings is 1. The molecule has 0 heterocycles. The molecule has 0 saturated heterocycles. The predicted molar refractivity (Wildman–Crippen MR) is 56.7 cm³/mol. The monoisotopic (exact) mass is 239 g/mol. The molecule has 0 N–H and O–H groups in total. The summed E-state index contributed by atoms with van der Waals surface area (Å²) in [5.74, 6) is 0.104. The van der Waals surface area contributed by atoms with Crippen LogP contribution in [0, 0.1) is 0 Å². The van der Waals surface area contributed by atoms with Crippen molar-refractivity contribution >= 4 is 11.4 Å². The van der Waals surface area contributed by atoms with Gasteiger partial charge in [-0.25, -0.2) is 0 Å². The van der Waals surface area contributed by atoms with Crippen molar-refractivity contribution in [3.63, 3.8) is 0 Å². The Balaban J connectivity index is 2.45. The Morgan fingerprint density at radius 2 is 1.93 bits per heavy atom. The molecule has 0 aliphatic heterocycles. The van der Waals surface area contributed by atoms with Crippen LogP contribution in [0.15, 0.2) is 46.5 Å². The van der Waals surface area contributed by atoms with Gasteiger partial charge in [-0.1, -0.05) is 0 Å². The minimum absolute atomic E-state index is 0.104. The van der Waals surface area contributed by atoms with Crippen LogP contribution in [0.1, 0.15) is 18.9 Å². The van der Waals surface area contributed by atoms with Crippen LogP contribution >= 0.6 is 0 Å². The molecule has 1 nitrogen and oxygen atoms in total. The Morgan fingerprint density at radius 3 is 2.53 bits per heavy atom. The molecule has 1 aromatic rings. The van der Waals surface area contributed by atoms with Crippen molar-refractivity contribution in [2.24, 2.45) is 0 Å². The first-order valence-electron chi connectivity index (χ1n) is 4.84. The molecule has 15 heavy (non-hydrogen) atoms. The van der Waals surface area contributed by atoms with Crippen molar-refractivity contribution < 1.29 is 20.8 Å². The Labute approximate surface area is 97.7 Å². The van der Waals surface area contributed by atoms with Crippen molar-refractivity contribution in [3.8, 4) is 0 Å². The zero-order valence-electron chi connectivity index (χ0n) is 8.43. The molecule has 0 amide bonds. The third kappa shape index (κ3) is 1.97. The van der Waals surface area contributed by atoms with Crippen molar-refractivity contribution in [1.82, 2.24) is 0 Å². The van der Waals surface area contributed by atoms with Gasteiger partial charge in [-0.15, -0.1) is 0 Å². The van der Waals surface area contributed by atoms with Gasteiger partial charge in [-0.05, 0) is 0 Å². The van der Waals surface area contributed by atoms with Crippen molar-refractivity contribution in [1.29, 1.82) is 0 Å². The average molecular weight is 239 g/mol. The number of ketones is 1. The molecule has 1 aliphatic rings. The van der Waals surface area contributed by atoms with Gasteiger partial charge in [0.05, 0.1) is 0 Å². The molecule has 1 aliphatic carbocycles. The van der Waals surface area contributed by atoms with Gasteiger partial charge >= 0.3 is 97.5 Å². The minimum atomic E-state index is 0.104. The fourth-order valence-electron chi connectivity index (χ4n) is 1.79. The molecule has 0 unspecified atom stereocenters. The predicted octanol–water partition coefficient (Wildman–Crippen LogP) is 2.86. The molecule has 2 heteroatoms. The van der Waals surface area contributed by atoms with Crippen LogP contribution in [-0.4, -0.2) is 5.78 Å². The molecule has 0 bridgehead atoms. The fourth-order valence-corrected chi connectivity index (χ4v) is 2.25. The fraction of sp³-hybridized carbons (Fsp3) is 0.154. The Bertz CT molecular complexity index is 455. The first kappa shape index (κ1) is 10.4. The van der Waals surface area contributed by atoms with Crippen LogP contribution in [0.5, 0.6) is 0 Å². The summed E-state index contributed by atoms with van der Waals surface area (Å²) in [7, 11) is 0. The molecule has 1 aromatic carbocycles. The maximum atomic E-state index is 11.5. The summed E-state index contributed by atoms with van der Waals surface area (Å²) in [6.45, 7) is 1.60. The number of allylic oxidation sites excluding steroid dienone is 4. The van der Waals surface area contributed by atoms with Gasteiger partial charge < -0.3 is 0 Å². The van der Waals surface area contributed by atoms with E-state index in [0.717, 1.165) is 27.6 Å². The van der Waals surface area contributed by atoms with E-state index < -0.39 is 0 Å². The first-order chi connectivity index (χ1) is 7.20. The number of rotatable bonds is 2. The summed E-state index contributed by atoms with van der Waals surface area (Å²) >= 11 is 3.92. The van der Waals surface area contributed by atoms with E-state index in [2.05, 4.69) is 22.1 Å². The number of carbonyl (C=O) groups is 1. The summed E-state index contributed by atoms with van der Waals surface area (Å²) in [6, 6.07) is 9.98. The molecule has 0 fully saturated rings. The Hall–Kier alpha value is -1.11. The molecule has 0 radical (unpaired) electrons. The summed E-state index contributed by atoms with van der Waals surface area (Å²) in [5, 5.41) is 0. The van der Waals surface area contributed by atoms with E-state index in [4.69, 9.17) is 0 Å². The van der Waals surface area contributed by atoms with Crippen molar-refractivity contribution in [2.45, 2.75) is 13.3 Å². The SMILES string of the molecule is CC(=O)C1=[C]([Fe])CC=C1c1ccccc1. The zero-order valence-corrected chi connectivity index (χ0v) is 9.54. The third-order valence-electron chi connectivity index (χ3n) is 2.45. The van der Waals surface area contributed by atoms with E-state index in [9.17, 15) is 4.79 Å². The summed E-state index contributed by atoms with van der Waals surface area (Å²) in [5.41, 5.74) is 2.93. The van der Waals surface area contributed by atoms with Crippen LogP contribution < -0.4 is 0 Å². The molecule has 0 atom stereocenters. The van der Waals surface area contributed by atoms with Gasteiger partial charge in [0.15, 0.2) is 0 Å². The quantitative estimate of drug-likeness (QED) is 0.725. The molecule has 0 spiro atoms. The Kier molecular flexibility index (Phi) is 2.90. The van der Waals surface area contributed by atoms with Crippen molar-refractivity contribution in [2.75, 3.05) is 0 Å². The van der Waals surface area contributed by atoms with Crippen LogP contribution in [0.3, 0.4) is 0 Å². The normalized spacial score (nSPS) is 15.5. The summed E-state index contributed by atoms with van der Waals surface area (Å²) < 4.78 is 0.932. The van der Waals surface area contributed by atoms with Gasteiger partial charge in [0, 0.05) is 0 Å². The van der Waals surface area contributed by atoms with E-state index in [1.54, 1.807) is 6.92 Å². The van der Waals surface area contributed by atoms with Crippen LogP contribution in [0.4, 0.5) is 0 Å². The summed E-state index contributed by atoms with van der Waals surface area (Å²) in [6.07, 6.45) is 2.87. The van der Waals surface area contributed by atoms with E-state index >= 15 is 0 Å². The Morgan fingerprint density at radius 1 is 1.27 bits per heavy atom. The molecule has 2 rings (SSSR count). The van der Waals surface area contributed by atoms with E-state index in [0.29, 0.717) is 0 Å². The van der Waals surface area contributed by atoms with Crippen LogP contribution in [-0.2, 0) is 20.8 Å². The van der Waals surface area contributed by atoms with E-state index in [-0.39, 0.29) is 5.78 Å². The van der Waals surface area contributed by atoms with Crippen LogP contribution in [0.25, 0.3) is 5.57 Å². The standard InChI is InChI=1S/C13H11O.Fe/c1-10(14)12-8-5-9-13(12)11-6-3-2-4-7-11;/h2-4,6-7,9H,5H2,1H3;. The number of Topliss-reactive ketones (excluding diaryl/α,β-unsaturated/α-hetero) is 1. The second-order valence-corrected chi connectivity index (χ2v) is 4.18. The zero-order chi connectivity index (χ0) is 10.8. The topological polar surface area (TPSA) is 17.1 Å². The summed E-state index contributed by atoms with van der Waals surface area (Å²) in [4.78, 5) is 11.5. The van der Waals surface area contributed by atoms with E-state index in [1.807, 2.05) is 30.3 Å². The van der Waals surface area contributed by atoms with Crippen molar-refractivity contribution in [3.05, 3.63) is 52.0 Å². The number of hydrogen-bond donors (Lipinski definition) is 0. The van der Waals surface area contributed by atoms with Gasteiger partial charge in [0.1, 0.15) is 0 Å². The molecular weight excluding hydrogens is 228 g/mol. The van der Waals surface area contributed by atoms with Gasteiger partial charge in [0.25, 0.3) is 0 Å². The van der Waals surface area contributed by atoms with E-state index in [1.165, 1.54) is 0 Å². The van der Waals surface area contributed by atoms with Crippen LogP contribution in [0.2, 0.25) is 0 Å². The van der Waals surface area contributed by atoms with Gasteiger partial charge in [-0.3, -0.25) is 0 Å². The average Bonchev–Trinajstić information content (AvgIpc) is 2.61. The molecule has 0 saturated carbocycles. The maximum absolute atomic E-state index is 11.5. The molecular formula is C13H11FeO. The first-order valence-corrected chi connectivity index (χ1v) is 5.39. The number of carbonyl (C=O) groups excluding carboxylic acids is 1. The second-order valence-electron chi connectivity index (χ2n) is 3.51. The molecule has 77 valence electrons.